The maximum Gasteiger partial charge on any atom is 0.0543 e. The van der Waals surface area contributed by atoms with Gasteiger partial charge in [0.1, 0.15) is 0 Å². The molecule has 0 saturated heterocycles. The molecule has 8 aromatic carbocycles. The first-order valence-corrected chi connectivity index (χ1v) is 19.1. The maximum atomic E-state index is 2.55. The lowest BCUT2D eigenvalue weighted by Crippen LogP contribution is -2.17. The third kappa shape index (κ3) is 4.17. The van der Waals surface area contributed by atoms with Gasteiger partial charge in [-0.1, -0.05) is 149 Å². The van der Waals surface area contributed by atoms with E-state index in [4.69, 9.17) is 0 Å². The lowest BCUT2D eigenvalue weighted by molar-refractivity contribution is 0.660. The van der Waals surface area contributed by atoms with Crippen molar-refractivity contribution in [3.05, 3.63) is 192 Å². The first-order chi connectivity index (χ1) is 26.3. The standard InChI is InChI=1S/C52H40N2/c1-51(2)41-19-9-5-17-39(41)49-43(51)21-13-25-47(49)54(48-26-14-22-44-50(48)40-18-6-10-20-42(40)52(44,3)4)36-30-28-33-31-35(29-27-34(33)32-36)53-45-23-11-7-15-37(45)38-16-8-12-24-46(38)53/h5-32H,1-4H3. The normalized spacial score (nSPS) is 14.6. The molecule has 0 amide bonds. The summed E-state index contributed by atoms with van der Waals surface area (Å²) in [4.78, 5) is 2.55. The first kappa shape index (κ1) is 31.2. The molecule has 1 aromatic heterocycles. The molecule has 0 fully saturated rings. The van der Waals surface area contributed by atoms with Gasteiger partial charge in [0.15, 0.2) is 0 Å². The molecule has 9 aromatic rings. The molecule has 0 spiro atoms. The van der Waals surface area contributed by atoms with Gasteiger partial charge in [-0.05, 0) is 92.7 Å². The Balaban J connectivity index is 1.15. The van der Waals surface area contributed by atoms with Crippen LogP contribution in [0, 0.1) is 0 Å². The quantitative estimate of drug-likeness (QED) is 0.178. The molecule has 1 heterocycles. The monoisotopic (exact) mass is 692 g/mol. The molecule has 54 heavy (non-hydrogen) atoms. The van der Waals surface area contributed by atoms with Crippen molar-refractivity contribution in [3.8, 4) is 27.9 Å². The molecule has 0 unspecified atom stereocenters. The van der Waals surface area contributed by atoms with Crippen LogP contribution in [-0.2, 0) is 10.8 Å². The predicted molar refractivity (Wildman–Crippen MR) is 228 cm³/mol. The van der Waals surface area contributed by atoms with Crippen LogP contribution in [-0.4, -0.2) is 4.57 Å². The number of rotatable bonds is 4. The summed E-state index contributed by atoms with van der Waals surface area (Å²) in [6.07, 6.45) is 0. The summed E-state index contributed by atoms with van der Waals surface area (Å²) >= 11 is 0. The average Bonchev–Trinajstić information content (AvgIpc) is 3.76. The van der Waals surface area contributed by atoms with Crippen LogP contribution in [0.2, 0.25) is 0 Å². The second kappa shape index (κ2) is 11.1. The smallest absolute Gasteiger partial charge is 0.0543 e. The number of para-hydroxylation sites is 2. The van der Waals surface area contributed by atoms with Gasteiger partial charge in [-0.25, -0.2) is 0 Å². The summed E-state index contributed by atoms with van der Waals surface area (Å²) in [6, 6.07) is 63.3. The topological polar surface area (TPSA) is 8.17 Å². The van der Waals surface area contributed by atoms with E-state index in [1.165, 1.54) is 94.1 Å². The van der Waals surface area contributed by atoms with Crippen molar-refractivity contribution >= 4 is 49.6 Å². The molecular formula is C52H40N2. The largest absolute Gasteiger partial charge is 0.309 e. The Hall–Kier alpha value is -6.38. The van der Waals surface area contributed by atoms with E-state index in [2.05, 4.69) is 207 Å². The summed E-state index contributed by atoms with van der Waals surface area (Å²) in [5, 5.41) is 4.98. The fourth-order valence-electron chi connectivity index (χ4n) is 9.95. The van der Waals surface area contributed by atoms with Crippen molar-refractivity contribution < 1.29 is 0 Å². The molecule has 258 valence electrons. The highest BCUT2D eigenvalue weighted by atomic mass is 15.1. The van der Waals surface area contributed by atoms with E-state index in [0.717, 1.165) is 5.69 Å². The molecule has 11 rings (SSSR count). The van der Waals surface area contributed by atoms with E-state index < -0.39 is 0 Å². The van der Waals surface area contributed by atoms with Gasteiger partial charge < -0.3 is 9.47 Å². The summed E-state index contributed by atoms with van der Waals surface area (Å²) in [6.45, 7) is 9.48. The first-order valence-electron chi connectivity index (χ1n) is 19.1. The van der Waals surface area contributed by atoms with Gasteiger partial charge in [-0.3, -0.25) is 0 Å². The van der Waals surface area contributed by atoms with E-state index in [-0.39, 0.29) is 10.8 Å². The van der Waals surface area contributed by atoms with Gasteiger partial charge in [-0.15, -0.1) is 0 Å². The van der Waals surface area contributed by atoms with Crippen LogP contribution in [0.1, 0.15) is 49.9 Å². The van der Waals surface area contributed by atoms with Crippen LogP contribution in [0.15, 0.2) is 170 Å². The van der Waals surface area contributed by atoms with E-state index in [0.29, 0.717) is 0 Å². The third-order valence-electron chi connectivity index (χ3n) is 12.6. The highest BCUT2D eigenvalue weighted by molar-refractivity contribution is 6.09. The zero-order valence-corrected chi connectivity index (χ0v) is 31.1. The Morgan fingerprint density at radius 1 is 0.407 bits per heavy atom. The molecule has 0 atom stereocenters. The molecule has 0 bridgehead atoms. The molecule has 2 aliphatic rings. The van der Waals surface area contributed by atoms with Crippen LogP contribution < -0.4 is 4.90 Å². The summed E-state index contributed by atoms with van der Waals surface area (Å²) in [7, 11) is 0. The minimum atomic E-state index is -0.104. The molecule has 0 radical (unpaired) electrons. The minimum absolute atomic E-state index is 0.104. The summed E-state index contributed by atoms with van der Waals surface area (Å²) in [5.41, 5.74) is 17.8. The Kier molecular flexibility index (Phi) is 6.39. The van der Waals surface area contributed by atoms with Crippen LogP contribution in [0.25, 0.3) is 60.5 Å². The van der Waals surface area contributed by atoms with Crippen molar-refractivity contribution in [2.75, 3.05) is 4.90 Å². The average molecular weight is 693 g/mol. The highest BCUT2D eigenvalue weighted by Gasteiger charge is 2.40. The van der Waals surface area contributed by atoms with Gasteiger partial charge in [0.2, 0.25) is 0 Å². The molecule has 0 aliphatic heterocycles. The molecule has 0 N–H and O–H groups in total. The van der Waals surface area contributed by atoms with Crippen molar-refractivity contribution in [2.24, 2.45) is 0 Å². The maximum absolute atomic E-state index is 2.55. The lowest BCUT2D eigenvalue weighted by atomic mass is 9.82. The van der Waals surface area contributed by atoms with Crippen LogP contribution in [0.5, 0.6) is 0 Å². The Morgan fingerprint density at radius 2 is 0.870 bits per heavy atom. The van der Waals surface area contributed by atoms with Gasteiger partial charge in [-0.2, -0.15) is 0 Å². The fourth-order valence-corrected chi connectivity index (χ4v) is 9.95. The number of nitrogens with zero attached hydrogens (tertiary/aromatic N) is 2. The van der Waals surface area contributed by atoms with E-state index in [9.17, 15) is 0 Å². The van der Waals surface area contributed by atoms with Crippen LogP contribution in [0.4, 0.5) is 17.1 Å². The number of hydrogen-bond donors (Lipinski definition) is 0. The second-order valence-electron chi connectivity index (χ2n) is 16.2. The molecule has 2 nitrogen and oxygen atoms in total. The van der Waals surface area contributed by atoms with Crippen molar-refractivity contribution in [3.63, 3.8) is 0 Å². The van der Waals surface area contributed by atoms with E-state index in [1.807, 2.05) is 0 Å². The van der Waals surface area contributed by atoms with Gasteiger partial charge >= 0.3 is 0 Å². The van der Waals surface area contributed by atoms with Gasteiger partial charge in [0.05, 0.1) is 22.4 Å². The second-order valence-corrected chi connectivity index (χ2v) is 16.2. The molecule has 2 heteroatoms. The fraction of sp³-hybridized carbons (Fsp3) is 0.115. The van der Waals surface area contributed by atoms with Crippen molar-refractivity contribution in [1.29, 1.82) is 0 Å². The van der Waals surface area contributed by atoms with Crippen LogP contribution >= 0.6 is 0 Å². The Labute approximate surface area is 316 Å². The number of hydrogen-bond acceptors (Lipinski definition) is 1. The molecule has 0 saturated carbocycles. The highest BCUT2D eigenvalue weighted by Crippen LogP contribution is 2.58. The van der Waals surface area contributed by atoms with Crippen LogP contribution in [0.3, 0.4) is 0 Å². The zero-order chi connectivity index (χ0) is 36.3. The number of aromatic nitrogens is 1. The predicted octanol–water partition coefficient (Wildman–Crippen LogP) is 14.0. The number of anilines is 3. The van der Waals surface area contributed by atoms with Gasteiger partial charge in [0, 0.05) is 44.1 Å². The zero-order valence-electron chi connectivity index (χ0n) is 31.1. The minimum Gasteiger partial charge on any atom is -0.309 e. The number of benzene rings is 8. The Morgan fingerprint density at radius 3 is 1.44 bits per heavy atom. The third-order valence-corrected chi connectivity index (χ3v) is 12.6. The van der Waals surface area contributed by atoms with E-state index >= 15 is 0 Å². The molecule has 2 aliphatic carbocycles. The summed E-state index contributed by atoms with van der Waals surface area (Å²) in [5.74, 6) is 0. The van der Waals surface area contributed by atoms with Crippen molar-refractivity contribution in [1.82, 2.24) is 4.57 Å². The van der Waals surface area contributed by atoms with Gasteiger partial charge in [0.25, 0.3) is 0 Å². The number of fused-ring (bicyclic) bond motifs is 10. The molecular weight excluding hydrogens is 653 g/mol. The lowest BCUT2D eigenvalue weighted by Gasteiger charge is -2.31. The summed E-state index contributed by atoms with van der Waals surface area (Å²) < 4.78 is 2.41. The van der Waals surface area contributed by atoms with E-state index in [1.54, 1.807) is 0 Å². The SMILES string of the molecule is CC1(C)c2ccccc2-c2c(N(c3ccc4cc(-n5c6ccccc6c6ccccc65)ccc4c3)c3cccc4c3-c3ccccc3C4(C)C)cccc21. The van der Waals surface area contributed by atoms with Crippen molar-refractivity contribution in [2.45, 2.75) is 38.5 Å². The Bertz CT molecular complexity index is 2850.